The van der Waals surface area contributed by atoms with Crippen molar-refractivity contribution in [2.24, 2.45) is 22.6 Å². The standard InChI is InChI=1S/C34H50N6O10/c1-19(2)25(39-31(45)50-32(3,4)5)29(43)48-26-22(16-47-24(41)15-20-11-9-10-12-20)49-34(17-35,27(26)42)23-14-13-21(38-23)28(37-18-36)40-30(44)33(6,7)46-8/h13-14,18-20,22,25-27,38,42H,9-12,15-16H2,1-8H3,(H,39,45)(H2,36,37,40,44)/p+1/t22-,25+,26-,27-,34+/m1/s1. The van der Waals surface area contributed by atoms with Gasteiger partial charge in [0.15, 0.2) is 18.0 Å². The number of carbonyl (C=O) groups is 4. The molecule has 2 heterocycles. The van der Waals surface area contributed by atoms with Crippen LogP contribution in [0.4, 0.5) is 4.79 Å². The van der Waals surface area contributed by atoms with Crippen molar-refractivity contribution in [1.82, 2.24) is 10.3 Å². The molecular weight excluding hydrogens is 652 g/mol. The Bertz CT molecular complexity index is 1480. The van der Waals surface area contributed by atoms with Crippen LogP contribution in [-0.2, 0) is 43.7 Å². The second kappa shape index (κ2) is 16.6. The van der Waals surface area contributed by atoms with Gasteiger partial charge in [-0.25, -0.2) is 19.4 Å². The van der Waals surface area contributed by atoms with E-state index in [1.165, 1.54) is 33.1 Å². The number of nitrogens with zero attached hydrogens (tertiary/aromatic N) is 2. The Morgan fingerprint density at radius 3 is 2.44 bits per heavy atom. The second-order valence-electron chi connectivity index (χ2n) is 14.3. The molecule has 1 saturated carbocycles. The first-order chi connectivity index (χ1) is 23.4. The first kappa shape index (κ1) is 40.1. The number of carbonyl (C=O) groups excluding carboxylic acids is 4. The maximum Gasteiger partial charge on any atom is 0.408 e. The van der Waals surface area contributed by atoms with Crippen molar-refractivity contribution in [3.8, 4) is 6.07 Å². The number of nitrogens with one attached hydrogen (secondary N) is 3. The Hall–Kier alpha value is -4.33. The molecule has 16 nitrogen and oxygen atoms in total. The van der Waals surface area contributed by atoms with Crippen LogP contribution < -0.4 is 16.0 Å². The fraction of sp³-hybridized carbons (Fsp3) is 0.676. The Morgan fingerprint density at radius 2 is 1.88 bits per heavy atom. The van der Waals surface area contributed by atoms with Gasteiger partial charge in [0.25, 0.3) is 5.84 Å². The van der Waals surface area contributed by atoms with Gasteiger partial charge in [-0.1, -0.05) is 31.7 Å². The zero-order valence-electron chi connectivity index (χ0n) is 30.0. The van der Waals surface area contributed by atoms with Gasteiger partial charge in [0.1, 0.15) is 42.2 Å². The van der Waals surface area contributed by atoms with Gasteiger partial charge in [-0.15, -0.1) is 0 Å². The summed E-state index contributed by atoms with van der Waals surface area (Å²) >= 11 is 0. The molecule has 1 saturated heterocycles. The highest BCUT2D eigenvalue weighted by atomic mass is 16.6. The average molecular weight is 704 g/mol. The SMILES string of the molecule is COC(C)(C)C(=O)N=C([NH+]=CN)c1ccc([C@]2(C#N)O[C@H](COC(=O)CC3CCCC3)[C@@H](OC(=O)[C@@H](NC(=O)OC(C)(C)C)C(C)C)[C@H]2O)[nH]1. The van der Waals surface area contributed by atoms with E-state index in [1.807, 2.05) is 6.07 Å². The van der Waals surface area contributed by atoms with Crippen LogP contribution in [0, 0.1) is 23.2 Å². The number of amidine groups is 1. The third-order valence-corrected chi connectivity index (χ3v) is 8.58. The lowest BCUT2D eigenvalue weighted by Crippen LogP contribution is -2.76. The van der Waals surface area contributed by atoms with Crippen molar-refractivity contribution in [1.29, 1.82) is 5.26 Å². The number of aliphatic imine (C=N–C) groups is 1. The molecule has 1 aliphatic carbocycles. The van der Waals surface area contributed by atoms with Gasteiger partial charge in [-0.05, 0) is 71.4 Å². The second-order valence-corrected chi connectivity index (χ2v) is 14.3. The number of H-pyrrole nitrogens is 1. The van der Waals surface area contributed by atoms with Crippen molar-refractivity contribution in [2.45, 2.75) is 122 Å². The van der Waals surface area contributed by atoms with Crippen molar-refractivity contribution in [3.63, 3.8) is 0 Å². The summed E-state index contributed by atoms with van der Waals surface area (Å²) < 4.78 is 28.0. The van der Waals surface area contributed by atoms with Gasteiger partial charge in [-0.2, -0.15) is 5.26 Å². The van der Waals surface area contributed by atoms with Gasteiger partial charge in [-0.3, -0.25) is 4.79 Å². The fourth-order valence-corrected chi connectivity index (χ4v) is 5.60. The number of ether oxygens (including phenoxy) is 5. The number of nitrogens with two attached hydrogens (primary N) is 1. The van der Waals surface area contributed by atoms with Gasteiger partial charge in [0.05, 0.1) is 5.69 Å². The molecule has 2 amide bonds. The summed E-state index contributed by atoms with van der Waals surface area (Å²) in [4.78, 5) is 61.4. The molecule has 2 aliphatic rings. The summed E-state index contributed by atoms with van der Waals surface area (Å²) in [5.74, 6) is -2.36. The van der Waals surface area contributed by atoms with Crippen LogP contribution in [0.15, 0.2) is 17.1 Å². The summed E-state index contributed by atoms with van der Waals surface area (Å²) in [6, 6.07) is 3.68. The maximum absolute atomic E-state index is 13.6. The van der Waals surface area contributed by atoms with Crippen LogP contribution in [-0.4, -0.2) is 95.5 Å². The third kappa shape index (κ3) is 9.89. The zero-order valence-corrected chi connectivity index (χ0v) is 30.0. The van der Waals surface area contributed by atoms with Crippen LogP contribution in [0.3, 0.4) is 0 Å². The number of alkyl carbamates (subject to hydrolysis) is 1. The van der Waals surface area contributed by atoms with Gasteiger partial charge < -0.3 is 44.8 Å². The minimum absolute atomic E-state index is 0.0144. The van der Waals surface area contributed by atoms with Crippen LogP contribution in [0.25, 0.3) is 0 Å². The number of aliphatic hydroxyl groups excluding tert-OH is 1. The topological polar surface area (TPSA) is 239 Å². The predicted octanol–water partition coefficient (Wildman–Crippen LogP) is 0.844. The zero-order chi connectivity index (χ0) is 37.4. The van der Waals surface area contributed by atoms with E-state index in [-0.39, 0.29) is 29.6 Å². The predicted molar refractivity (Wildman–Crippen MR) is 178 cm³/mol. The van der Waals surface area contributed by atoms with Crippen LogP contribution >= 0.6 is 0 Å². The molecule has 50 heavy (non-hydrogen) atoms. The lowest BCUT2D eigenvalue weighted by atomic mass is 9.92. The lowest BCUT2D eigenvalue weighted by Gasteiger charge is -2.28. The molecule has 0 spiro atoms. The van der Waals surface area contributed by atoms with E-state index in [1.54, 1.807) is 34.6 Å². The number of methoxy groups -OCH3 is 1. The van der Waals surface area contributed by atoms with Crippen molar-refractivity contribution < 1.29 is 53.0 Å². The van der Waals surface area contributed by atoms with E-state index in [0.717, 1.165) is 32.0 Å². The third-order valence-electron chi connectivity index (χ3n) is 8.58. The molecule has 0 aromatic carbocycles. The maximum atomic E-state index is 13.6. The molecular formula is C34H51N6O10+. The fourth-order valence-electron chi connectivity index (χ4n) is 5.60. The molecule has 5 atom stereocenters. The number of esters is 2. The molecule has 16 heteroatoms. The van der Waals surface area contributed by atoms with E-state index < -0.39 is 77.6 Å². The minimum Gasteiger partial charge on any atom is -0.463 e. The van der Waals surface area contributed by atoms with E-state index in [4.69, 9.17) is 29.4 Å². The van der Waals surface area contributed by atoms with Crippen LogP contribution in [0.5, 0.6) is 0 Å². The molecule has 2 fully saturated rings. The number of aliphatic hydroxyl groups is 1. The molecule has 1 aliphatic heterocycles. The Labute approximate surface area is 292 Å². The highest BCUT2D eigenvalue weighted by Gasteiger charge is 2.59. The molecule has 0 unspecified atom stereocenters. The first-order valence-electron chi connectivity index (χ1n) is 16.7. The molecule has 0 radical (unpaired) electrons. The molecule has 0 bridgehead atoms. The Morgan fingerprint density at radius 1 is 1.22 bits per heavy atom. The average Bonchev–Trinajstić information content (AvgIpc) is 3.79. The Kier molecular flexibility index (Phi) is 13.3. The number of aromatic nitrogens is 1. The minimum atomic E-state index is -2.18. The van der Waals surface area contributed by atoms with E-state index >= 15 is 0 Å². The highest BCUT2D eigenvalue weighted by molar-refractivity contribution is 6.01. The molecule has 1 aromatic heterocycles. The van der Waals surface area contributed by atoms with Crippen molar-refractivity contribution in [2.75, 3.05) is 13.7 Å². The number of hydrogen-bond donors (Lipinski definition) is 5. The quantitative estimate of drug-likeness (QED) is 0.0881. The number of hydrogen-bond acceptors (Lipinski definition) is 11. The summed E-state index contributed by atoms with van der Waals surface area (Å²) in [5, 5.41) is 24.7. The Balaban J connectivity index is 1.96. The van der Waals surface area contributed by atoms with Crippen molar-refractivity contribution >= 4 is 36.1 Å². The van der Waals surface area contributed by atoms with Crippen LogP contribution in [0.2, 0.25) is 0 Å². The van der Waals surface area contributed by atoms with Crippen LogP contribution in [0.1, 0.15) is 92.0 Å². The number of nitriles is 1. The number of rotatable bonds is 12. The smallest absolute Gasteiger partial charge is 0.408 e. The van der Waals surface area contributed by atoms with Gasteiger partial charge >= 0.3 is 23.9 Å². The van der Waals surface area contributed by atoms with Gasteiger partial charge in [0, 0.05) is 13.5 Å². The summed E-state index contributed by atoms with van der Waals surface area (Å²) in [5.41, 5.74) is 1.50. The molecule has 3 rings (SSSR count). The summed E-state index contributed by atoms with van der Waals surface area (Å²) in [7, 11) is 1.36. The first-order valence-corrected chi connectivity index (χ1v) is 16.7. The van der Waals surface area contributed by atoms with Crippen molar-refractivity contribution in [3.05, 3.63) is 23.5 Å². The van der Waals surface area contributed by atoms with E-state index in [0.29, 0.717) is 0 Å². The summed E-state index contributed by atoms with van der Waals surface area (Å²) in [6.45, 7) is 11.0. The van der Waals surface area contributed by atoms with E-state index in [2.05, 4.69) is 20.3 Å². The largest absolute Gasteiger partial charge is 0.463 e. The molecule has 1 aromatic rings. The van der Waals surface area contributed by atoms with E-state index in [9.17, 15) is 29.5 Å². The number of amides is 2. The lowest BCUT2D eigenvalue weighted by molar-refractivity contribution is -0.309. The summed E-state index contributed by atoms with van der Waals surface area (Å²) in [6.07, 6.45) is -0.344. The van der Waals surface area contributed by atoms with Gasteiger partial charge in [0.2, 0.25) is 5.60 Å². The highest BCUT2D eigenvalue weighted by Crippen LogP contribution is 2.41. The normalized spacial score (nSPS) is 23.9. The molecule has 276 valence electrons. The number of aromatic amines is 1. The molecule has 6 N–H and O–H groups in total. The monoisotopic (exact) mass is 703 g/mol.